The van der Waals surface area contributed by atoms with E-state index in [1.807, 2.05) is 49.4 Å². The van der Waals surface area contributed by atoms with Crippen LogP contribution < -0.4 is 16.0 Å². The summed E-state index contributed by atoms with van der Waals surface area (Å²) in [6.45, 7) is 4.85. The number of para-hydroxylation sites is 1. The summed E-state index contributed by atoms with van der Waals surface area (Å²) >= 11 is 7.76. The lowest BCUT2D eigenvalue weighted by molar-refractivity contribution is -0.115. The third-order valence-electron chi connectivity index (χ3n) is 7.88. The zero-order chi connectivity index (χ0) is 33.6. The molecule has 0 bridgehead atoms. The van der Waals surface area contributed by atoms with Gasteiger partial charge in [0.2, 0.25) is 5.91 Å². The number of aryl methyl sites for hydroxylation is 1. The topological polar surface area (TPSA) is 92.2 Å². The molecule has 1 unspecified atom stereocenters. The Hall–Kier alpha value is -5.31. The Morgan fingerprint density at radius 1 is 0.771 bits per heavy atom. The molecule has 1 heterocycles. The number of hydrogen-bond donors (Lipinski definition) is 3. The van der Waals surface area contributed by atoms with Gasteiger partial charge in [0.15, 0.2) is 0 Å². The largest absolute Gasteiger partial charge is 0.341 e. The summed E-state index contributed by atoms with van der Waals surface area (Å²) in [6, 6.07) is 37.3. The summed E-state index contributed by atoms with van der Waals surface area (Å²) in [7, 11) is 0. The SMILES string of the molecule is CCn1c2ccccc2c2cc(NC(=O)C(C)Sc3ccc(NC(=O)/C(=C/c4ccccc4Cl)NC(=O)c4ccccc4)cc3)ccc21. The van der Waals surface area contributed by atoms with Crippen LogP contribution >= 0.6 is 23.4 Å². The molecule has 0 aliphatic heterocycles. The van der Waals surface area contributed by atoms with E-state index in [0.717, 1.165) is 33.4 Å². The fourth-order valence-corrected chi connectivity index (χ4v) is 6.54. The number of anilines is 2. The fraction of sp³-hybridized carbons (Fsp3) is 0.103. The molecule has 1 atom stereocenters. The highest BCUT2D eigenvalue weighted by Crippen LogP contribution is 2.32. The van der Waals surface area contributed by atoms with E-state index in [2.05, 4.69) is 45.6 Å². The molecule has 6 rings (SSSR count). The minimum absolute atomic E-state index is 0.0399. The number of aromatic nitrogens is 1. The number of thioether (sulfide) groups is 1. The van der Waals surface area contributed by atoms with Crippen LogP contribution in [0.15, 0.2) is 132 Å². The Balaban J connectivity index is 1.12. The van der Waals surface area contributed by atoms with Crippen LogP contribution in [0.4, 0.5) is 11.4 Å². The van der Waals surface area contributed by atoms with Gasteiger partial charge in [0, 0.05) is 55.2 Å². The van der Waals surface area contributed by atoms with E-state index >= 15 is 0 Å². The van der Waals surface area contributed by atoms with Crippen molar-refractivity contribution in [3.8, 4) is 0 Å². The molecule has 0 spiro atoms. The summed E-state index contributed by atoms with van der Waals surface area (Å²) in [4.78, 5) is 40.4. The van der Waals surface area contributed by atoms with Gasteiger partial charge < -0.3 is 20.5 Å². The second-order valence-electron chi connectivity index (χ2n) is 11.1. The number of hydrogen-bond acceptors (Lipinski definition) is 4. The molecule has 0 radical (unpaired) electrons. The van der Waals surface area contributed by atoms with Crippen molar-refractivity contribution < 1.29 is 14.4 Å². The van der Waals surface area contributed by atoms with E-state index in [9.17, 15) is 14.4 Å². The zero-order valence-electron chi connectivity index (χ0n) is 26.4. The van der Waals surface area contributed by atoms with Gasteiger partial charge in [-0.25, -0.2) is 0 Å². The summed E-state index contributed by atoms with van der Waals surface area (Å²) in [5.74, 6) is -1.04. The Morgan fingerprint density at radius 2 is 1.44 bits per heavy atom. The van der Waals surface area contributed by atoms with E-state index < -0.39 is 11.8 Å². The van der Waals surface area contributed by atoms with Crippen LogP contribution in [0, 0.1) is 0 Å². The van der Waals surface area contributed by atoms with Crippen LogP contribution in [0.25, 0.3) is 27.9 Å². The van der Waals surface area contributed by atoms with Crippen molar-refractivity contribution in [2.45, 2.75) is 30.5 Å². The minimum atomic E-state index is -0.508. The molecule has 0 saturated carbocycles. The maximum Gasteiger partial charge on any atom is 0.272 e. The van der Waals surface area contributed by atoms with Crippen molar-refractivity contribution in [1.82, 2.24) is 9.88 Å². The van der Waals surface area contributed by atoms with E-state index in [1.54, 1.807) is 66.7 Å². The molecule has 48 heavy (non-hydrogen) atoms. The van der Waals surface area contributed by atoms with Gasteiger partial charge in [-0.15, -0.1) is 11.8 Å². The highest BCUT2D eigenvalue weighted by atomic mass is 35.5. The first-order valence-electron chi connectivity index (χ1n) is 15.5. The number of carbonyl (C=O) groups excluding carboxylic acids is 3. The monoisotopic (exact) mass is 672 g/mol. The van der Waals surface area contributed by atoms with Gasteiger partial charge >= 0.3 is 0 Å². The smallest absolute Gasteiger partial charge is 0.272 e. The van der Waals surface area contributed by atoms with Crippen LogP contribution in [-0.2, 0) is 16.1 Å². The van der Waals surface area contributed by atoms with Crippen molar-refractivity contribution >= 4 is 80.3 Å². The predicted molar refractivity (Wildman–Crippen MR) is 197 cm³/mol. The number of benzene rings is 5. The fourth-order valence-electron chi connectivity index (χ4n) is 5.48. The maximum atomic E-state index is 13.4. The van der Waals surface area contributed by atoms with E-state index in [1.165, 1.54) is 17.3 Å². The Labute approximate surface area is 288 Å². The molecule has 3 N–H and O–H groups in total. The van der Waals surface area contributed by atoms with Crippen LogP contribution in [0.3, 0.4) is 0 Å². The molecule has 7 nitrogen and oxygen atoms in total. The van der Waals surface area contributed by atoms with Crippen LogP contribution in [0.2, 0.25) is 5.02 Å². The molecule has 0 saturated heterocycles. The molecule has 3 amide bonds. The van der Waals surface area contributed by atoms with E-state index in [4.69, 9.17) is 11.6 Å². The maximum absolute atomic E-state index is 13.4. The number of halogens is 1. The van der Waals surface area contributed by atoms with Crippen molar-refractivity contribution in [2.24, 2.45) is 0 Å². The quantitative estimate of drug-likeness (QED) is 0.100. The number of fused-ring (bicyclic) bond motifs is 3. The molecule has 9 heteroatoms. The lowest BCUT2D eigenvalue weighted by Crippen LogP contribution is -2.30. The van der Waals surface area contributed by atoms with Gasteiger partial charge in [0.1, 0.15) is 5.70 Å². The van der Waals surface area contributed by atoms with Gasteiger partial charge in [-0.2, -0.15) is 0 Å². The lowest BCUT2D eigenvalue weighted by atomic mass is 10.1. The van der Waals surface area contributed by atoms with E-state index in [-0.39, 0.29) is 16.9 Å². The standard InChI is InChI=1S/C39H33ClN4O3S/c1-3-44-35-16-10-8-14-31(35)32-24-29(19-22-36(32)44)42-37(45)25(2)48-30-20-17-28(18-21-30)41-39(47)34(23-27-13-7-9-15-33(27)40)43-38(46)26-11-5-4-6-12-26/h4-25H,3H2,1-2H3,(H,41,47)(H,42,45)(H,43,46)/b34-23-. The van der Waals surface area contributed by atoms with Crippen LogP contribution in [0.1, 0.15) is 29.8 Å². The molecule has 6 aromatic rings. The van der Waals surface area contributed by atoms with Crippen LogP contribution in [0.5, 0.6) is 0 Å². The first kappa shape index (κ1) is 32.6. The lowest BCUT2D eigenvalue weighted by Gasteiger charge is -2.14. The average molecular weight is 673 g/mol. The Kier molecular flexibility index (Phi) is 9.94. The van der Waals surface area contributed by atoms with Gasteiger partial charge in [-0.3, -0.25) is 14.4 Å². The third kappa shape index (κ3) is 7.30. The number of nitrogens with zero attached hydrogens (tertiary/aromatic N) is 1. The second kappa shape index (κ2) is 14.6. The molecule has 1 aromatic heterocycles. The summed E-state index contributed by atoms with van der Waals surface area (Å²) in [5, 5.41) is 11.0. The Bertz CT molecular complexity index is 2160. The van der Waals surface area contributed by atoms with Crippen LogP contribution in [-0.4, -0.2) is 27.5 Å². The number of rotatable bonds is 10. The van der Waals surface area contributed by atoms with Gasteiger partial charge in [-0.05, 0) is 92.2 Å². The summed E-state index contributed by atoms with van der Waals surface area (Å²) in [5.41, 5.74) is 4.63. The molecule has 0 fully saturated rings. The molecule has 5 aromatic carbocycles. The summed E-state index contributed by atoms with van der Waals surface area (Å²) in [6.07, 6.45) is 1.54. The number of nitrogens with one attached hydrogen (secondary N) is 3. The van der Waals surface area contributed by atoms with Crippen molar-refractivity contribution in [1.29, 1.82) is 0 Å². The zero-order valence-corrected chi connectivity index (χ0v) is 27.9. The highest BCUT2D eigenvalue weighted by Gasteiger charge is 2.18. The van der Waals surface area contributed by atoms with Crippen molar-refractivity contribution in [2.75, 3.05) is 10.6 Å². The normalized spacial score (nSPS) is 12.1. The predicted octanol–water partition coefficient (Wildman–Crippen LogP) is 9.00. The number of amides is 3. The van der Waals surface area contributed by atoms with E-state index in [0.29, 0.717) is 21.8 Å². The summed E-state index contributed by atoms with van der Waals surface area (Å²) < 4.78 is 2.28. The molecular weight excluding hydrogens is 640 g/mol. The third-order valence-corrected chi connectivity index (χ3v) is 9.34. The molecule has 0 aliphatic carbocycles. The number of carbonyl (C=O) groups is 3. The average Bonchev–Trinajstić information content (AvgIpc) is 3.42. The van der Waals surface area contributed by atoms with Gasteiger partial charge in [0.05, 0.1) is 5.25 Å². The Morgan fingerprint density at radius 3 is 2.19 bits per heavy atom. The van der Waals surface area contributed by atoms with Gasteiger partial charge in [0.25, 0.3) is 11.8 Å². The van der Waals surface area contributed by atoms with Gasteiger partial charge in [-0.1, -0.05) is 66.2 Å². The van der Waals surface area contributed by atoms with Crippen molar-refractivity contribution in [3.05, 3.63) is 143 Å². The second-order valence-corrected chi connectivity index (χ2v) is 12.9. The molecular formula is C39H33ClN4O3S. The molecule has 0 aliphatic rings. The van der Waals surface area contributed by atoms with Crippen molar-refractivity contribution in [3.63, 3.8) is 0 Å². The minimum Gasteiger partial charge on any atom is -0.341 e. The molecule has 240 valence electrons. The first-order chi connectivity index (χ1) is 23.3. The first-order valence-corrected chi connectivity index (χ1v) is 16.8. The highest BCUT2D eigenvalue weighted by molar-refractivity contribution is 8.00.